The van der Waals surface area contributed by atoms with Gasteiger partial charge in [-0.3, -0.25) is 9.78 Å². The number of fused-ring (bicyclic) bond motifs is 1. The van der Waals surface area contributed by atoms with Gasteiger partial charge in [0.25, 0.3) is 5.91 Å². The van der Waals surface area contributed by atoms with Gasteiger partial charge in [-0.25, -0.2) is 0 Å². The Morgan fingerprint density at radius 2 is 2.06 bits per heavy atom. The maximum atomic E-state index is 13.3. The summed E-state index contributed by atoms with van der Waals surface area (Å²) in [5.74, 6) is -0.133. The number of aromatic nitrogens is 1. The fourth-order valence-electron chi connectivity index (χ4n) is 3.71. The summed E-state index contributed by atoms with van der Waals surface area (Å²) in [6.45, 7) is 4.47. The minimum absolute atomic E-state index is 0.0836. The highest BCUT2D eigenvalue weighted by Gasteiger charge is 2.42. The molecule has 0 saturated carbocycles. The summed E-state index contributed by atoms with van der Waals surface area (Å²) in [6.07, 6.45) is -3.33. The van der Waals surface area contributed by atoms with Crippen LogP contribution >= 0.6 is 0 Å². The van der Waals surface area contributed by atoms with E-state index in [1.807, 2.05) is 6.07 Å². The van der Waals surface area contributed by atoms with Crippen molar-refractivity contribution in [3.8, 4) is 11.8 Å². The fourth-order valence-corrected chi connectivity index (χ4v) is 3.71. The van der Waals surface area contributed by atoms with E-state index < -0.39 is 18.2 Å². The predicted octanol–water partition coefficient (Wildman–Crippen LogP) is 4.15. The van der Waals surface area contributed by atoms with Crippen LogP contribution in [0, 0.1) is 11.3 Å². The molecule has 0 radical (unpaired) electrons. The number of carbonyl (C=O) groups is 1. The smallest absolute Gasteiger partial charge is 0.418 e. The number of aliphatic hydroxyl groups excluding tert-OH is 1. The van der Waals surface area contributed by atoms with Gasteiger partial charge in [-0.2, -0.15) is 18.4 Å². The number of nitrogens with zero attached hydrogens (tertiary/aromatic N) is 3. The van der Waals surface area contributed by atoms with Crippen LogP contribution in [0.3, 0.4) is 0 Å². The molecule has 1 amide bonds. The average Bonchev–Trinajstić information content (AvgIpc) is 2.80. The maximum absolute atomic E-state index is 13.3. The molecule has 0 aliphatic carbocycles. The standard InChI is InChI=1S/C24H24F3N3O4/c1-3-33-8-6-15-9-19(22(31)24(25,26)27)18-5-7-30(23(32)20(18)10-15)14-17-11-21(34-4-2)16(12-28)13-29-17/h6,8-11,13,22,31H,3-5,7,14H2,1-2H3. The summed E-state index contributed by atoms with van der Waals surface area (Å²) in [4.78, 5) is 18.9. The van der Waals surface area contributed by atoms with Gasteiger partial charge in [0, 0.05) is 24.4 Å². The van der Waals surface area contributed by atoms with Gasteiger partial charge >= 0.3 is 6.18 Å². The molecule has 0 spiro atoms. The van der Waals surface area contributed by atoms with E-state index in [1.54, 1.807) is 19.9 Å². The number of rotatable bonds is 8. The summed E-state index contributed by atoms with van der Waals surface area (Å²) in [5.41, 5.74) is 0.948. The number of nitriles is 1. The van der Waals surface area contributed by atoms with E-state index in [1.165, 1.54) is 35.6 Å². The second-order valence-corrected chi connectivity index (χ2v) is 7.53. The molecule has 3 rings (SSSR count). The molecule has 1 atom stereocenters. The van der Waals surface area contributed by atoms with Gasteiger partial charge in [-0.1, -0.05) is 0 Å². The van der Waals surface area contributed by atoms with Crippen molar-refractivity contribution in [3.63, 3.8) is 0 Å². The van der Waals surface area contributed by atoms with Crippen molar-refractivity contribution in [2.45, 2.75) is 39.1 Å². The monoisotopic (exact) mass is 475 g/mol. The maximum Gasteiger partial charge on any atom is 0.418 e. The first kappa shape index (κ1) is 25.1. The third-order valence-electron chi connectivity index (χ3n) is 5.28. The van der Waals surface area contributed by atoms with E-state index in [-0.39, 0.29) is 41.8 Å². The number of amides is 1. The summed E-state index contributed by atoms with van der Waals surface area (Å²) in [5, 5.41) is 19.2. The van der Waals surface area contributed by atoms with E-state index in [4.69, 9.17) is 9.47 Å². The SMILES string of the molecule is CCOC=Cc1cc2c(c(C(O)C(F)(F)F)c1)CCN(Cc1cc(OCC)c(C#N)cn1)C2=O. The number of hydrogen-bond acceptors (Lipinski definition) is 6. The van der Waals surface area contributed by atoms with Crippen molar-refractivity contribution in [1.82, 2.24) is 9.88 Å². The molecule has 7 nitrogen and oxygen atoms in total. The summed E-state index contributed by atoms with van der Waals surface area (Å²) in [7, 11) is 0. The van der Waals surface area contributed by atoms with Crippen LogP contribution in [0.25, 0.3) is 6.08 Å². The Bertz CT molecular complexity index is 1130. The molecule has 1 unspecified atom stereocenters. The van der Waals surface area contributed by atoms with Crippen LogP contribution in [0.5, 0.6) is 5.75 Å². The highest BCUT2D eigenvalue weighted by molar-refractivity contribution is 5.97. The summed E-state index contributed by atoms with van der Waals surface area (Å²) < 4.78 is 50.6. The lowest BCUT2D eigenvalue weighted by molar-refractivity contribution is -0.207. The number of alkyl halides is 3. The zero-order valence-electron chi connectivity index (χ0n) is 18.7. The van der Waals surface area contributed by atoms with Gasteiger partial charge < -0.3 is 19.5 Å². The second kappa shape index (κ2) is 10.6. The molecule has 34 heavy (non-hydrogen) atoms. The fraction of sp³-hybridized carbons (Fsp3) is 0.375. The van der Waals surface area contributed by atoms with Gasteiger partial charge in [0.1, 0.15) is 17.4 Å². The zero-order valence-corrected chi connectivity index (χ0v) is 18.7. The van der Waals surface area contributed by atoms with Crippen molar-refractivity contribution in [2.75, 3.05) is 19.8 Å². The van der Waals surface area contributed by atoms with Crippen LogP contribution in [0.1, 0.15) is 58.3 Å². The van der Waals surface area contributed by atoms with Crippen LogP contribution in [-0.4, -0.2) is 46.8 Å². The molecule has 0 fully saturated rings. The third-order valence-corrected chi connectivity index (χ3v) is 5.28. The molecule has 1 aromatic carbocycles. The first-order valence-electron chi connectivity index (χ1n) is 10.7. The van der Waals surface area contributed by atoms with Crippen LogP contribution < -0.4 is 4.74 Å². The number of pyridine rings is 1. The van der Waals surface area contributed by atoms with Crippen LogP contribution in [-0.2, 0) is 17.7 Å². The second-order valence-electron chi connectivity index (χ2n) is 7.53. The molecule has 1 aliphatic heterocycles. The van der Waals surface area contributed by atoms with E-state index >= 15 is 0 Å². The lowest BCUT2D eigenvalue weighted by Gasteiger charge is -2.31. The molecule has 10 heteroatoms. The van der Waals surface area contributed by atoms with Crippen molar-refractivity contribution in [3.05, 3.63) is 64.2 Å². The molecule has 2 aromatic rings. The molecular weight excluding hydrogens is 451 g/mol. The van der Waals surface area contributed by atoms with Gasteiger partial charge in [-0.05, 0) is 55.2 Å². The van der Waals surface area contributed by atoms with Crippen molar-refractivity contribution in [1.29, 1.82) is 5.26 Å². The molecule has 0 bridgehead atoms. The predicted molar refractivity (Wildman–Crippen MR) is 117 cm³/mol. The number of hydrogen-bond donors (Lipinski definition) is 1. The number of halogens is 3. The van der Waals surface area contributed by atoms with E-state index in [0.29, 0.717) is 30.2 Å². The largest absolute Gasteiger partial charge is 0.501 e. The summed E-state index contributed by atoms with van der Waals surface area (Å²) in [6, 6.07) is 6.28. The highest BCUT2D eigenvalue weighted by Crippen LogP contribution is 2.38. The van der Waals surface area contributed by atoms with Gasteiger partial charge in [-0.15, -0.1) is 0 Å². The Morgan fingerprint density at radius 3 is 2.71 bits per heavy atom. The summed E-state index contributed by atoms with van der Waals surface area (Å²) >= 11 is 0. The highest BCUT2D eigenvalue weighted by atomic mass is 19.4. The lowest BCUT2D eigenvalue weighted by atomic mass is 9.88. The van der Waals surface area contributed by atoms with Gasteiger partial charge in [0.2, 0.25) is 0 Å². The van der Waals surface area contributed by atoms with Crippen molar-refractivity contribution < 1.29 is 32.5 Å². The number of carbonyl (C=O) groups excluding carboxylic acids is 1. The van der Waals surface area contributed by atoms with Crippen molar-refractivity contribution >= 4 is 12.0 Å². The van der Waals surface area contributed by atoms with E-state index in [2.05, 4.69) is 4.98 Å². The molecule has 0 saturated heterocycles. The Labute approximate surface area is 195 Å². The van der Waals surface area contributed by atoms with Crippen molar-refractivity contribution in [2.24, 2.45) is 0 Å². The topological polar surface area (TPSA) is 95.7 Å². The Hall–Kier alpha value is -3.58. The number of ether oxygens (including phenoxy) is 2. The van der Waals surface area contributed by atoms with Gasteiger partial charge in [0.15, 0.2) is 6.10 Å². The first-order chi connectivity index (χ1) is 16.2. The molecule has 1 aromatic heterocycles. The minimum atomic E-state index is -4.88. The van der Waals surface area contributed by atoms with E-state index in [0.717, 1.165) is 0 Å². The zero-order chi connectivity index (χ0) is 24.9. The minimum Gasteiger partial charge on any atom is -0.501 e. The normalized spacial score (nSPS) is 14.6. The molecule has 1 N–H and O–H groups in total. The van der Waals surface area contributed by atoms with Crippen LogP contribution in [0.15, 0.2) is 30.7 Å². The van der Waals surface area contributed by atoms with Gasteiger partial charge in [0.05, 0.1) is 31.7 Å². The average molecular weight is 475 g/mol. The van der Waals surface area contributed by atoms with E-state index in [9.17, 15) is 28.3 Å². The molecule has 2 heterocycles. The first-order valence-corrected chi connectivity index (χ1v) is 10.7. The third kappa shape index (κ3) is 5.48. The quantitative estimate of drug-likeness (QED) is 0.577. The molecular formula is C24H24F3N3O4. The molecule has 1 aliphatic rings. The Balaban J connectivity index is 1.97. The molecule has 180 valence electrons. The number of aliphatic hydroxyl groups is 1. The Morgan fingerprint density at radius 1 is 1.29 bits per heavy atom. The van der Waals surface area contributed by atoms with Crippen LogP contribution in [0.2, 0.25) is 0 Å². The Kier molecular flexibility index (Phi) is 7.79. The lowest BCUT2D eigenvalue weighted by Crippen LogP contribution is -2.38. The van der Waals surface area contributed by atoms with Crippen LogP contribution in [0.4, 0.5) is 13.2 Å². The number of benzene rings is 1.